The largest absolute Gasteiger partial charge is 0.378 e. The molecule has 0 bridgehead atoms. The third-order valence-corrected chi connectivity index (χ3v) is 6.36. The van der Waals surface area contributed by atoms with E-state index in [1.807, 2.05) is 0 Å². The molecule has 1 aromatic heterocycles. The molecular weight excluding hydrogens is 320 g/mol. The molecule has 22 heavy (non-hydrogen) atoms. The molecule has 0 saturated carbocycles. The van der Waals surface area contributed by atoms with Crippen molar-refractivity contribution in [3.05, 3.63) is 41.9 Å². The quantitative estimate of drug-likeness (QED) is 0.812. The standard InChI is InChI=1S/C15H18N2O3S2/c18-22(19,14-6-2-1-3-7-14)17(15-16-9-12-21-15)10-8-13-5-4-11-20-13/h1-3,6-7,9,12-13H,4-5,8,10-11H2/t13-/m0/s1. The first kappa shape index (κ1) is 15.5. The molecule has 0 radical (unpaired) electrons. The van der Waals surface area contributed by atoms with Gasteiger partial charge in [0.05, 0.1) is 11.0 Å². The maximum Gasteiger partial charge on any atom is 0.266 e. The Hall–Kier alpha value is -1.44. The molecule has 3 rings (SSSR count). The van der Waals surface area contributed by atoms with Gasteiger partial charge < -0.3 is 4.74 Å². The van der Waals surface area contributed by atoms with Crippen molar-refractivity contribution in [2.45, 2.75) is 30.3 Å². The summed E-state index contributed by atoms with van der Waals surface area (Å²) in [6.07, 6.45) is 4.50. The fourth-order valence-electron chi connectivity index (χ4n) is 2.51. The fourth-order valence-corrected chi connectivity index (χ4v) is 4.86. The summed E-state index contributed by atoms with van der Waals surface area (Å²) >= 11 is 1.33. The minimum atomic E-state index is -3.59. The van der Waals surface area contributed by atoms with Crippen LogP contribution in [-0.2, 0) is 14.8 Å². The monoisotopic (exact) mass is 338 g/mol. The molecule has 0 unspecified atom stereocenters. The van der Waals surface area contributed by atoms with E-state index >= 15 is 0 Å². The molecule has 0 aliphatic carbocycles. The molecule has 1 aliphatic rings. The molecule has 0 amide bonds. The maximum atomic E-state index is 12.9. The van der Waals surface area contributed by atoms with E-state index in [1.54, 1.807) is 41.9 Å². The van der Waals surface area contributed by atoms with Crippen LogP contribution in [-0.4, -0.2) is 32.7 Å². The SMILES string of the molecule is O=S(=O)(c1ccccc1)N(CC[C@@H]1CCCO1)c1nccs1. The molecule has 1 fully saturated rings. The van der Waals surface area contributed by atoms with Crippen LogP contribution in [0, 0.1) is 0 Å². The lowest BCUT2D eigenvalue weighted by Crippen LogP contribution is -2.33. The zero-order chi connectivity index (χ0) is 15.4. The number of ether oxygens (including phenoxy) is 1. The number of rotatable bonds is 6. The van der Waals surface area contributed by atoms with E-state index in [9.17, 15) is 8.42 Å². The summed E-state index contributed by atoms with van der Waals surface area (Å²) in [5.41, 5.74) is 0. The summed E-state index contributed by atoms with van der Waals surface area (Å²) in [5.74, 6) is 0. The van der Waals surface area contributed by atoms with Crippen molar-refractivity contribution in [3.8, 4) is 0 Å². The van der Waals surface area contributed by atoms with Gasteiger partial charge in [0, 0.05) is 24.7 Å². The minimum Gasteiger partial charge on any atom is -0.378 e. The number of thiazole rings is 1. The molecule has 2 heterocycles. The second-order valence-electron chi connectivity index (χ2n) is 5.13. The van der Waals surface area contributed by atoms with Gasteiger partial charge in [0.25, 0.3) is 10.0 Å². The highest BCUT2D eigenvalue weighted by Gasteiger charge is 2.28. The van der Waals surface area contributed by atoms with E-state index < -0.39 is 10.0 Å². The Morgan fingerprint density at radius 1 is 1.32 bits per heavy atom. The Morgan fingerprint density at radius 3 is 2.77 bits per heavy atom. The van der Waals surface area contributed by atoms with Crippen molar-refractivity contribution < 1.29 is 13.2 Å². The Balaban J connectivity index is 1.85. The van der Waals surface area contributed by atoms with Gasteiger partial charge in [-0.25, -0.2) is 17.7 Å². The second kappa shape index (κ2) is 6.76. The van der Waals surface area contributed by atoms with Crippen LogP contribution in [0.4, 0.5) is 5.13 Å². The third-order valence-electron chi connectivity index (χ3n) is 3.64. The highest BCUT2D eigenvalue weighted by Crippen LogP contribution is 2.27. The van der Waals surface area contributed by atoms with E-state index in [4.69, 9.17) is 4.74 Å². The molecule has 5 nitrogen and oxygen atoms in total. The molecule has 1 saturated heterocycles. The molecule has 1 aromatic carbocycles. The highest BCUT2D eigenvalue weighted by atomic mass is 32.2. The minimum absolute atomic E-state index is 0.147. The van der Waals surface area contributed by atoms with Crippen LogP contribution in [0.25, 0.3) is 0 Å². The average molecular weight is 338 g/mol. The Bertz CT molecular complexity index is 681. The molecular formula is C15H18N2O3S2. The lowest BCUT2D eigenvalue weighted by atomic mass is 10.2. The molecule has 0 N–H and O–H groups in total. The lowest BCUT2D eigenvalue weighted by molar-refractivity contribution is 0.106. The number of hydrogen-bond donors (Lipinski definition) is 0. The summed E-state index contributed by atoms with van der Waals surface area (Å²) < 4.78 is 32.8. The van der Waals surface area contributed by atoms with Gasteiger partial charge in [-0.05, 0) is 31.4 Å². The van der Waals surface area contributed by atoms with E-state index in [2.05, 4.69) is 4.98 Å². The van der Waals surface area contributed by atoms with E-state index in [-0.39, 0.29) is 11.0 Å². The van der Waals surface area contributed by atoms with Crippen molar-refractivity contribution in [1.29, 1.82) is 0 Å². The Morgan fingerprint density at radius 2 is 2.14 bits per heavy atom. The molecule has 1 atom stereocenters. The van der Waals surface area contributed by atoms with Gasteiger partial charge in [-0.1, -0.05) is 18.2 Å². The first-order valence-corrected chi connectivity index (χ1v) is 9.59. The van der Waals surface area contributed by atoms with E-state index in [0.717, 1.165) is 19.4 Å². The summed E-state index contributed by atoms with van der Waals surface area (Å²) in [5, 5.41) is 2.29. The van der Waals surface area contributed by atoms with Crippen LogP contribution in [0.2, 0.25) is 0 Å². The van der Waals surface area contributed by atoms with Gasteiger partial charge in [0.15, 0.2) is 5.13 Å². The number of sulfonamides is 1. The first-order valence-electron chi connectivity index (χ1n) is 7.27. The smallest absolute Gasteiger partial charge is 0.266 e. The number of aromatic nitrogens is 1. The maximum absolute atomic E-state index is 12.9. The van der Waals surface area contributed by atoms with Crippen LogP contribution < -0.4 is 4.31 Å². The van der Waals surface area contributed by atoms with E-state index in [0.29, 0.717) is 18.1 Å². The van der Waals surface area contributed by atoms with Gasteiger partial charge >= 0.3 is 0 Å². The van der Waals surface area contributed by atoms with Crippen LogP contribution >= 0.6 is 11.3 Å². The van der Waals surface area contributed by atoms with Crippen molar-refractivity contribution in [2.24, 2.45) is 0 Å². The number of benzene rings is 1. The van der Waals surface area contributed by atoms with Gasteiger partial charge in [-0.3, -0.25) is 0 Å². The number of anilines is 1. The normalized spacial score (nSPS) is 18.5. The number of hydrogen-bond acceptors (Lipinski definition) is 5. The van der Waals surface area contributed by atoms with Gasteiger partial charge in [-0.2, -0.15) is 0 Å². The lowest BCUT2D eigenvalue weighted by Gasteiger charge is -2.23. The van der Waals surface area contributed by atoms with Crippen LogP contribution in [0.1, 0.15) is 19.3 Å². The summed E-state index contributed by atoms with van der Waals surface area (Å²) in [6, 6.07) is 8.49. The summed E-state index contributed by atoms with van der Waals surface area (Å²) in [6.45, 7) is 1.16. The van der Waals surface area contributed by atoms with Crippen molar-refractivity contribution >= 4 is 26.5 Å². The van der Waals surface area contributed by atoms with Gasteiger partial charge in [0.2, 0.25) is 0 Å². The third kappa shape index (κ3) is 3.31. The van der Waals surface area contributed by atoms with Crippen LogP contribution in [0.15, 0.2) is 46.8 Å². The van der Waals surface area contributed by atoms with Crippen molar-refractivity contribution in [3.63, 3.8) is 0 Å². The fraction of sp³-hybridized carbons (Fsp3) is 0.400. The molecule has 1 aliphatic heterocycles. The molecule has 2 aromatic rings. The highest BCUT2D eigenvalue weighted by molar-refractivity contribution is 7.93. The average Bonchev–Trinajstić information content (AvgIpc) is 3.21. The zero-order valence-corrected chi connectivity index (χ0v) is 13.7. The second-order valence-corrected chi connectivity index (χ2v) is 7.86. The Kier molecular flexibility index (Phi) is 4.75. The summed E-state index contributed by atoms with van der Waals surface area (Å²) in [4.78, 5) is 4.47. The first-order chi connectivity index (χ1) is 10.7. The predicted octanol–water partition coefficient (Wildman–Crippen LogP) is 2.91. The van der Waals surface area contributed by atoms with Crippen molar-refractivity contribution in [1.82, 2.24) is 4.98 Å². The summed E-state index contributed by atoms with van der Waals surface area (Å²) in [7, 11) is -3.59. The van der Waals surface area contributed by atoms with Crippen molar-refractivity contribution in [2.75, 3.05) is 17.5 Å². The topological polar surface area (TPSA) is 59.5 Å². The molecule has 118 valence electrons. The molecule has 7 heteroatoms. The van der Waals surface area contributed by atoms with Crippen LogP contribution in [0.3, 0.4) is 0 Å². The van der Waals surface area contributed by atoms with Gasteiger partial charge in [0.1, 0.15) is 0 Å². The molecule has 0 spiro atoms. The zero-order valence-electron chi connectivity index (χ0n) is 12.1. The van der Waals surface area contributed by atoms with E-state index in [1.165, 1.54) is 15.6 Å². The van der Waals surface area contributed by atoms with Gasteiger partial charge in [-0.15, -0.1) is 11.3 Å². The predicted molar refractivity (Wildman–Crippen MR) is 86.7 cm³/mol. The number of nitrogens with zero attached hydrogens (tertiary/aromatic N) is 2. The van der Waals surface area contributed by atoms with Crippen LogP contribution in [0.5, 0.6) is 0 Å². The Labute approximate surface area is 134 Å².